The number of carbonyl (C=O) groups excluding carboxylic acids is 1. The molecule has 150 valence electrons. The van der Waals surface area contributed by atoms with Crippen molar-refractivity contribution >= 4 is 37.5 Å². The number of nitrogens with one attached hydrogen (secondary N) is 1. The fourth-order valence-electron chi connectivity index (χ4n) is 3.53. The van der Waals surface area contributed by atoms with Crippen LogP contribution in [0.3, 0.4) is 0 Å². The average Bonchev–Trinajstić information content (AvgIpc) is 2.65. The molecule has 0 saturated carbocycles. The lowest BCUT2D eigenvalue weighted by Crippen LogP contribution is -2.41. The minimum absolute atomic E-state index is 0.189. The molecule has 5 nitrogen and oxygen atoms in total. The first-order valence-electron chi connectivity index (χ1n) is 9.38. The Morgan fingerprint density at radius 1 is 1.11 bits per heavy atom. The van der Waals surface area contributed by atoms with Crippen molar-refractivity contribution in [2.24, 2.45) is 0 Å². The molecule has 1 aliphatic carbocycles. The number of nitrogens with zero attached hydrogens (tertiary/aromatic N) is 1. The molecule has 0 radical (unpaired) electrons. The molecule has 1 atom stereocenters. The molecular formula is C21H25BrN2O3S. The van der Waals surface area contributed by atoms with Gasteiger partial charge >= 0.3 is 0 Å². The van der Waals surface area contributed by atoms with E-state index in [1.165, 1.54) is 24.0 Å². The van der Waals surface area contributed by atoms with Crippen molar-refractivity contribution in [3.63, 3.8) is 0 Å². The first kappa shape index (κ1) is 20.9. The Morgan fingerprint density at radius 2 is 1.75 bits per heavy atom. The van der Waals surface area contributed by atoms with Gasteiger partial charge in [0.25, 0.3) is 0 Å². The highest BCUT2D eigenvalue weighted by Crippen LogP contribution is 2.25. The summed E-state index contributed by atoms with van der Waals surface area (Å²) < 4.78 is 26.4. The van der Waals surface area contributed by atoms with Gasteiger partial charge in [-0.15, -0.1) is 0 Å². The van der Waals surface area contributed by atoms with Crippen molar-refractivity contribution in [3.05, 3.63) is 63.6 Å². The summed E-state index contributed by atoms with van der Waals surface area (Å²) in [6, 6.07) is 13.0. The third kappa shape index (κ3) is 5.14. The number of fused-ring (bicyclic) bond motifs is 1. The van der Waals surface area contributed by atoms with E-state index in [9.17, 15) is 13.2 Å². The first-order chi connectivity index (χ1) is 13.2. The van der Waals surface area contributed by atoms with Crippen LogP contribution in [0.25, 0.3) is 0 Å². The fourth-order valence-corrected chi connectivity index (χ4v) is 4.65. The average molecular weight is 465 g/mol. The van der Waals surface area contributed by atoms with Crippen molar-refractivity contribution < 1.29 is 13.2 Å². The van der Waals surface area contributed by atoms with Crippen LogP contribution in [0, 0.1) is 0 Å². The zero-order valence-electron chi connectivity index (χ0n) is 16.1. The summed E-state index contributed by atoms with van der Waals surface area (Å²) >= 11 is 3.33. The lowest BCUT2D eigenvalue weighted by atomic mass is 9.89. The van der Waals surface area contributed by atoms with E-state index in [-0.39, 0.29) is 18.5 Å². The van der Waals surface area contributed by atoms with E-state index in [1.54, 1.807) is 24.3 Å². The molecule has 0 aromatic heterocycles. The first-order valence-corrected chi connectivity index (χ1v) is 12.0. The summed E-state index contributed by atoms with van der Waals surface area (Å²) in [4.78, 5) is 12.6. The summed E-state index contributed by atoms with van der Waals surface area (Å²) in [6.07, 6.45) is 5.74. The van der Waals surface area contributed by atoms with Gasteiger partial charge in [0.05, 0.1) is 18.0 Å². The monoisotopic (exact) mass is 464 g/mol. The van der Waals surface area contributed by atoms with Crippen LogP contribution in [0.2, 0.25) is 0 Å². The SMILES string of the molecule is CC(NC(=O)CN(c1ccc(Br)cc1)S(C)(=O)=O)c1ccc2c(c1)CCCC2. The number of halogens is 1. The number of benzene rings is 2. The van der Waals surface area contributed by atoms with Gasteiger partial charge in [-0.25, -0.2) is 8.42 Å². The molecule has 0 fully saturated rings. The number of hydrogen-bond donors (Lipinski definition) is 1. The summed E-state index contributed by atoms with van der Waals surface area (Å²) in [6.45, 7) is 1.67. The summed E-state index contributed by atoms with van der Waals surface area (Å²) in [7, 11) is -3.58. The molecule has 1 N–H and O–H groups in total. The van der Waals surface area contributed by atoms with Gasteiger partial charge in [0.2, 0.25) is 15.9 Å². The summed E-state index contributed by atoms with van der Waals surface area (Å²) in [5.41, 5.74) is 4.26. The molecule has 2 aromatic carbocycles. The number of aryl methyl sites for hydroxylation is 2. The molecule has 0 saturated heterocycles. The number of hydrogen-bond acceptors (Lipinski definition) is 3. The molecule has 1 aliphatic rings. The third-order valence-corrected chi connectivity index (χ3v) is 6.72. The van der Waals surface area contributed by atoms with Gasteiger partial charge in [-0.1, -0.05) is 34.1 Å². The molecular weight excluding hydrogens is 440 g/mol. The van der Waals surface area contributed by atoms with Crippen LogP contribution < -0.4 is 9.62 Å². The van der Waals surface area contributed by atoms with Gasteiger partial charge in [0.1, 0.15) is 6.54 Å². The zero-order valence-corrected chi connectivity index (χ0v) is 18.5. The van der Waals surface area contributed by atoms with Gasteiger partial charge in [0, 0.05) is 4.47 Å². The maximum absolute atomic E-state index is 12.6. The Morgan fingerprint density at radius 3 is 2.39 bits per heavy atom. The largest absolute Gasteiger partial charge is 0.348 e. The number of anilines is 1. The van der Waals surface area contributed by atoms with Crippen LogP contribution >= 0.6 is 15.9 Å². The molecule has 7 heteroatoms. The number of sulfonamides is 1. The molecule has 28 heavy (non-hydrogen) atoms. The standard InChI is InChI=1S/C21H25BrN2O3S/c1-15(17-8-7-16-5-3-4-6-18(16)13-17)23-21(25)14-24(28(2,26)27)20-11-9-19(22)10-12-20/h7-13,15H,3-6,14H2,1-2H3,(H,23,25). The predicted octanol–water partition coefficient (Wildman–Crippen LogP) is 3.97. The van der Waals surface area contributed by atoms with Gasteiger partial charge < -0.3 is 5.32 Å². The number of carbonyl (C=O) groups is 1. The lowest BCUT2D eigenvalue weighted by Gasteiger charge is -2.24. The Labute approximate surface area is 175 Å². The van der Waals surface area contributed by atoms with E-state index in [2.05, 4.69) is 39.4 Å². The topological polar surface area (TPSA) is 66.5 Å². The van der Waals surface area contributed by atoms with Crippen molar-refractivity contribution in [3.8, 4) is 0 Å². The summed E-state index contributed by atoms with van der Waals surface area (Å²) in [5.74, 6) is -0.335. The van der Waals surface area contributed by atoms with Crippen LogP contribution in [-0.2, 0) is 27.7 Å². The second-order valence-electron chi connectivity index (χ2n) is 7.27. The molecule has 1 amide bonds. The number of amides is 1. The van der Waals surface area contributed by atoms with Gasteiger partial charge in [-0.05, 0) is 73.6 Å². The zero-order chi connectivity index (χ0) is 20.3. The minimum atomic E-state index is -3.58. The predicted molar refractivity (Wildman–Crippen MR) is 116 cm³/mol. The van der Waals surface area contributed by atoms with Crippen molar-refractivity contribution in [2.75, 3.05) is 17.1 Å². The highest BCUT2D eigenvalue weighted by molar-refractivity contribution is 9.10. The Kier molecular flexibility index (Phi) is 6.45. The van der Waals surface area contributed by atoms with Crippen LogP contribution in [-0.4, -0.2) is 27.1 Å². The van der Waals surface area contributed by atoms with E-state index >= 15 is 0 Å². The molecule has 1 unspecified atom stereocenters. The molecule has 0 heterocycles. The Bertz CT molecular complexity index is 958. The van der Waals surface area contributed by atoms with Crippen molar-refractivity contribution in [1.29, 1.82) is 0 Å². The number of rotatable bonds is 6. The van der Waals surface area contributed by atoms with Gasteiger partial charge in [0.15, 0.2) is 0 Å². The van der Waals surface area contributed by atoms with Crippen LogP contribution in [0.4, 0.5) is 5.69 Å². The van der Waals surface area contributed by atoms with E-state index in [1.807, 2.05) is 6.92 Å². The van der Waals surface area contributed by atoms with Crippen molar-refractivity contribution in [2.45, 2.75) is 38.6 Å². The molecule has 0 aliphatic heterocycles. The van der Waals surface area contributed by atoms with E-state index in [4.69, 9.17) is 0 Å². The van der Waals surface area contributed by atoms with Crippen molar-refractivity contribution in [1.82, 2.24) is 5.32 Å². The summed E-state index contributed by atoms with van der Waals surface area (Å²) in [5, 5.41) is 2.93. The molecule has 3 rings (SSSR count). The quantitative estimate of drug-likeness (QED) is 0.702. The molecule has 0 bridgehead atoms. The Hall–Kier alpha value is -1.86. The highest BCUT2D eigenvalue weighted by atomic mass is 79.9. The second-order valence-corrected chi connectivity index (χ2v) is 10.1. The normalized spacial score (nSPS) is 14.8. The van der Waals surface area contributed by atoms with Gasteiger partial charge in [-0.3, -0.25) is 9.10 Å². The molecule has 0 spiro atoms. The maximum Gasteiger partial charge on any atom is 0.241 e. The van der Waals surface area contributed by atoms with Crippen LogP contribution in [0.15, 0.2) is 46.9 Å². The van der Waals surface area contributed by atoms with E-state index < -0.39 is 10.0 Å². The van der Waals surface area contributed by atoms with Gasteiger partial charge in [-0.2, -0.15) is 0 Å². The molecule has 2 aromatic rings. The minimum Gasteiger partial charge on any atom is -0.348 e. The van der Waals surface area contributed by atoms with Crippen LogP contribution in [0.1, 0.15) is 42.5 Å². The van der Waals surface area contributed by atoms with E-state index in [0.717, 1.165) is 33.4 Å². The fraction of sp³-hybridized carbons (Fsp3) is 0.381. The third-order valence-electron chi connectivity index (χ3n) is 5.05. The van der Waals surface area contributed by atoms with Crippen LogP contribution in [0.5, 0.6) is 0 Å². The Balaban J connectivity index is 1.71. The smallest absolute Gasteiger partial charge is 0.241 e. The lowest BCUT2D eigenvalue weighted by molar-refractivity contribution is -0.120. The highest BCUT2D eigenvalue weighted by Gasteiger charge is 2.22. The van der Waals surface area contributed by atoms with E-state index in [0.29, 0.717) is 5.69 Å². The second kappa shape index (κ2) is 8.66. The maximum atomic E-state index is 12.6.